The molecule has 0 aliphatic heterocycles. The molecule has 0 bridgehead atoms. The van der Waals surface area contributed by atoms with Gasteiger partial charge in [-0.05, 0) is 35.4 Å². The largest absolute Gasteiger partial charge is 0.323 e. The molecule has 3 aromatic carbocycles. The molecule has 0 aliphatic rings. The van der Waals surface area contributed by atoms with Crippen LogP contribution < -0.4 is 0 Å². The van der Waals surface area contributed by atoms with Crippen molar-refractivity contribution in [2.45, 2.75) is 13.0 Å². The highest BCUT2D eigenvalue weighted by atomic mass is 19.1. The van der Waals surface area contributed by atoms with Crippen molar-refractivity contribution in [2.24, 2.45) is 0 Å². The Morgan fingerprint density at radius 2 is 1.46 bits per heavy atom. The van der Waals surface area contributed by atoms with Gasteiger partial charge < -0.3 is 4.57 Å². The lowest BCUT2D eigenvalue weighted by Gasteiger charge is -2.10. The van der Waals surface area contributed by atoms with Crippen LogP contribution >= 0.6 is 0 Å². The fourth-order valence-electron chi connectivity index (χ4n) is 2.99. The zero-order valence-corrected chi connectivity index (χ0v) is 13.2. The predicted molar refractivity (Wildman–Crippen MR) is 94.5 cm³/mol. The van der Waals surface area contributed by atoms with E-state index in [1.807, 2.05) is 48.5 Å². The SMILES string of the molecule is Fc1ccc(Cn2c(Cc3ccccc3)nc3ccccc32)cc1. The van der Waals surface area contributed by atoms with E-state index < -0.39 is 0 Å². The summed E-state index contributed by atoms with van der Waals surface area (Å²) in [5.41, 5.74) is 4.39. The highest BCUT2D eigenvalue weighted by molar-refractivity contribution is 5.76. The van der Waals surface area contributed by atoms with Crippen molar-refractivity contribution in [3.63, 3.8) is 0 Å². The molecule has 2 nitrogen and oxygen atoms in total. The summed E-state index contributed by atoms with van der Waals surface area (Å²) in [5.74, 6) is 0.811. The molecule has 0 saturated heterocycles. The summed E-state index contributed by atoms with van der Waals surface area (Å²) in [7, 11) is 0. The molecule has 4 aromatic rings. The maximum Gasteiger partial charge on any atom is 0.123 e. The number of halogens is 1. The smallest absolute Gasteiger partial charge is 0.123 e. The Morgan fingerprint density at radius 3 is 2.25 bits per heavy atom. The quantitative estimate of drug-likeness (QED) is 0.528. The first-order valence-electron chi connectivity index (χ1n) is 8.02. The number of rotatable bonds is 4. The molecular weight excluding hydrogens is 299 g/mol. The summed E-state index contributed by atoms with van der Waals surface area (Å²) in [4.78, 5) is 4.81. The number of benzene rings is 3. The fourth-order valence-corrected chi connectivity index (χ4v) is 2.99. The molecule has 0 N–H and O–H groups in total. The zero-order chi connectivity index (χ0) is 16.4. The van der Waals surface area contributed by atoms with E-state index in [4.69, 9.17) is 4.98 Å². The molecular formula is C21H17FN2. The normalized spacial score (nSPS) is 11.0. The van der Waals surface area contributed by atoms with Gasteiger partial charge in [-0.15, -0.1) is 0 Å². The van der Waals surface area contributed by atoms with Crippen molar-refractivity contribution < 1.29 is 4.39 Å². The third-order valence-electron chi connectivity index (χ3n) is 4.19. The van der Waals surface area contributed by atoms with E-state index in [0.717, 1.165) is 28.8 Å². The van der Waals surface area contributed by atoms with Crippen molar-refractivity contribution in [3.05, 3.63) is 102 Å². The van der Waals surface area contributed by atoms with Gasteiger partial charge in [0.2, 0.25) is 0 Å². The van der Waals surface area contributed by atoms with Gasteiger partial charge in [0.1, 0.15) is 11.6 Å². The van der Waals surface area contributed by atoms with Crippen molar-refractivity contribution >= 4 is 11.0 Å². The van der Waals surface area contributed by atoms with E-state index in [1.165, 1.54) is 17.7 Å². The van der Waals surface area contributed by atoms with Crippen LogP contribution in [0.1, 0.15) is 17.0 Å². The van der Waals surface area contributed by atoms with E-state index in [0.29, 0.717) is 6.54 Å². The molecule has 0 fully saturated rings. The Kier molecular flexibility index (Phi) is 3.83. The molecule has 0 saturated carbocycles. The van der Waals surface area contributed by atoms with Gasteiger partial charge in [0.15, 0.2) is 0 Å². The maximum atomic E-state index is 13.2. The lowest BCUT2D eigenvalue weighted by molar-refractivity contribution is 0.626. The molecule has 118 valence electrons. The van der Waals surface area contributed by atoms with Crippen molar-refractivity contribution in [1.29, 1.82) is 0 Å². The van der Waals surface area contributed by atoms with Gasteiger partial charge in [-0.3, -0.25) is 0 Å². The third kappa shape index (κ3) is 2.93. The first kappa shape index (κ1) is 14.6. The van der Waals surface area contributed by atoms with Gasteiger partial charge in [0, 0.05) is 13.0 Å². The average molecular weight is 316 g/mol. The molecule has 0 aliphatic carbocycles. The number of para-hydroxylation sites is 2. The molecule has 0 amide bonds. The van der Waals surface area contributed by atoms with Crippen molar-refractivity contribution in [2.75, 3.05) is 0 Å². The molecule has 24 heavy (non-hydrogen) atoms. The Morgan fingerprint density at radius 1 is 0.750 bits per heavy atom. The van der Waals surface area contributed by atoms with E-state index >= 15 is 0 Å². The van der Waals surface area contributed by atoms with E-state index in [9.17, 15) is 4.39 Å². The summed E-state index contributed by atoms with van der Waals surface area (Å²) in [5, 5.41) is 0. The zero-order valence-electron chi connectivity index (χ0n) is 13.2. The van der Waals surface area contributed by atoms with Gasteiger partial charge >= 0.3 is 0 Å². The van der Waals surface area contributed by atoms with E-state index in [1.54, 1.807) is 0 Å². The van der Waals surface area contributed by atoms with Crippen LogP contribution in [0, 0.1) is 5.82 Å². The summed E-state index contributed by atoms with van der Waals surface area (Å²) in [6.45, 7) is 0.683. The molecule has 0 spiro atoms. The highest BCUT2D eigenvalue weighted by Crippen LogP contribution is 2.20. The molecule has 0 radical (unpaired) electrons. The number of nitrogens with zero attached hydrogens (tertiary/aromatic N) is 2. The first-order valence-corrected chi connectivity index (χ1v) is 8.02. The van der Waals surface area contributed by atoms with Crippen molar-refractivity contribution in [1.82, 2.24) is 9.55 Å². The second-order valence-corrected chi connectivity index (χ2v) is 5.89. The van der Waals surface area contributed by atoms with E-state index in [-0.39, 0.29) is 5.82 Å². The minimum absolute atomic E-state index is 0.209. The number of hydrogen-bond donors (Lipinski definition) is 0. The summed E-state index contributed by atoms with van der Waals surface area (Å²) < 4.78 is 15.4. The highest BCUT2D eigenvalue weighted by Gasteiger charge is 2.11. The minimum Gasteiger partial charge on any atom is -0.323 e. The first-order chi connectivity index (χ1) is 11.8. The van der Waals surface area contributed by atoms with Crippen LogP contribution in [0.3, 0.4) is 0 Å². The van der Waals surface area contributed by atoms with Crippen LogP contribution in [0.15, 0.2) is 78.9 Å². The topological polar surface area (TPSA) is 17.8 Å². The van der Waals surface area contributed by atoms with Crippen LogP contribution in [-0.4, -0.2) is 9.55 Å². The predicted octanol–water partition coefficient (Wildman–Crippen LogP) is 4.81. The number of imidazole rings is 1. The summed E-state index contributed by atoms with van der Waals surface area (Å²) in [6, 6.07) is 25.1. The molecule has 1 aromatic heterocycles. The Balaban J connectivity index is 1.76. The van der Waals surface area contributed by atoms with Gasteiger partial charge in [-0.2, -0.15) is 0 Å². The Labute approximate surface area is 140 Å². The minimum atomic E-state index is -0.209. The Bertz CT molecular complexity index is 956. The van der Waals surface area contributed by atoms with E-state index in [2.05, 4.69) is 22.8 Å². The van der Waals surface area contributed by atoms with Crippen LogP contribution in [0.4, 0.5) is 4.39 Å². The lowest BCUT2D eigenvalue weighted by atomic mass is 10.1. The van der Waals surface area contributed by atoms with Gasteiger partial charge in [0.25, 0.3) is 0 Å². The molecule has 4 rings (SSSR count). The second-order valence-electron chi connectivity index (χ2n) is 5.89. The van der Waals surface area contributed by atoms with Crippen molar-refractivity contribution in [3.8, 4) is 0 Å². The standard InChI is InChI=1S/C21H17FN2/c22-18-12-10-17(11-13-18)15-24-20-9-5-4-8-19(20)23-21(24)14-16-6-2-1-3-7-16/h1-13H,14-15H2. The summed E-state index contributed by atoms with van der Waals surface area (Å²) >= 11 is 0. The van der Waals surface area contributed by atoms with Crippen LogP contribution in [0.25, 0.3) is 11.0 Å². The third-order valence-corrected chi connectivity index (χ3v) is 4.19. The molecule has 1 heterocycles. The summed E-state index contributed by atoms with van der Waals surface area (Å²) in [6.07, 6.45) is 0.775. The second kappa shape index (κ2) is 6.28. The maximum absolute atomic E-state index is 13.2. The van der Waals surface area contributed by atoms with Crippen LogP contribution in [-0.2, 0) is 13.0 Å². The molecule has 0 unspecified atom stereocenters. The number of hydrogen-bond acceptors (Lipinski definition) is 1. The fraction of sp³-hybridized carbons (Fsp3) is 0.0952. The molecule has 0 atom stereocenters. The van der Waals surface area contributed by atoms with Gasteiger partial charge in [-0.1, -0.05) is 54.6 Å². The van der Waals surface area contributed by atoms with Gasteiger partial charge in [0.05, 0.1) is 11.0 Å². The number of aromatic nitrogens is 2. The molecule has 3 heteroatoms. The number of fused-ring (bicyclic) bond motifs is 1. The monoisotopic (exact) mass is 316 g/mol. The van der Waals surface area contributed by atoms with Gasteiger partial charge in [-0.25, -0.2) is 9.37 Å². The Hall–Kier alpha value is -2.94. The lowest BCUT2D eigenvalue weighted by Crippen LogP contribution is -2.06. The van der Waals surface area contributed by atoms with Crippen LogP contribution in [0.5, 0.6) is 0 Å². The average Bonchev–Trinajstić information content (AvgIpc) is 2.95. The van der Waals surface area contributed by atoms with Crippen LogP contribution in [0.2, 0.25) is 0 Å².